The number of rotatable bonds is 4. The highest BCUT2D eigenvalue weighted by atomic mass is 16.3. The minimum Gasteiger partial charge on any atom is -0.393 e. The zero-order valence-corrected chi connectivity index (χ0v) is 10.4. The van der Waals surface area contributed by atoms with Crippen LogP contribution in [0.15, 0.2) is 12.1 Å². The summed E-state index contributed by atoms with van der Waals surface area (Å²) >= 11 is 0. The Balaban J connectivity index is 2.02. The molecule has 0 atom stereocenters. The fourth-order valence-electron chi connectivity index (χ4n) is 2.34. The number of anilines is 1. The van der Waals surface area contributed by atoms with Crippen LogP contribution in [0.5, 0.6) is 0 Å². The summed E-state index contributed by atoms with van der Waals surface area (Å²) in [4.78, 5) is 6.56. The average molecular weight is 236 g/mol. The van der Waals surface area contributed by atoms with Crippen LogP contribution in [0.1, 0.15) is 24.1 Å². The van der Waals surface area contributed by atoms with Crippen LogP contribution < -0.4 is 4.90 Å². The summed E-state index contributed by atoms with van der Waals surface area (Å²) in [7, 11) is 2.01. The molecule has 0 radical (unpaired) electrons. The zero-order valence-electron chi connectivity index (χ0n) is 10.4. The largest absolute Gasteiger partial charge is 0.393 e. The first-order valence-electron chi connectivity index (χ1n) is 6.06. The fourth-order valence-corrected chi connectivity index (χ4v) is 2.34. The van der Waals surface area contributed by atoms with Gasteiger partial charge in [0, 0.05) is 19.3 Å². The van der Waals surface area contributed by atoms with Gasteiger partial charge in [0.15, 0.2) is 0 Å². The molecule has 0 bridgehead atoms. The van der Waals surface area contributed by atoms with Gasteiger partial charge in [-0.1, -0.05) is 0 Å². The number of aryl methyl sites for hydroxylation is 1. The van der Waals surface area contributed by atoms with Crippen LogP contribution >= 0.6 is 0 Å². The van der Waals surface area contributed by atoms with Gasteiger partial charge in [0.25, 0.3) is 0 Å². The topological polar surface area (TPSA) is 56.6 Å². The van der Waals surface area contributed by atoms with Crippen molar-refractivity contribution in [3.8, 4) is 0 Å². The van der Waals surface area contributed by atoms with Crippen molar-refractivity contribution in [1.29, 1.82) is 0 Å². The summed E-state index contributed by atoms with van der Waals surface area (Å²) in [6.45, 7) is 2.90. The van der Waals surface area contributed by atoms with Gasteiger partial charge in [0.1, 0.15) is 5.82 Å². The summed E-state index contributed by atoms with van der Waals surface area (Å²) in [5.74, 6) is 1.46. The third kappa shape index (κ3) is 2.96. The Kier molecular flexibility index (Phi) is 3.64. The van der Waals surface area contributed by atoms with Gasteiger partial charge in [-0.15, -0.1) is 0 Å². The van der Waals surface area contributed by atoms with E-state index in [0.29, 0.717) is 5.92 Å². The molecule has 0 aliphatic heterocycles. The van der Waals surface area contributed by atoms with Crippen LogP contribution in [0.2, 0.25) is 0 Å². The molecule has 4 nitrogen and oxygen atoms in total. The molecule has 1 aromatic heterocycles. The predicted octanol–water partition coefficient (Wildman–Crippen LogP) is 1.09. The normalized spacial score (nSPS) is 23.3. The van der Waals surface area contributed by atoms with Gasteiger partial charge in [0.05, 0.1) is 12.7 Å². The Hall–Kier alpha value is -1.13. The number of aliphatic hydroxyl groups excluding tert-OH is 2. The van der Waals surface area contributed by atoms with Crippen LogP contribution in [0, 0.1) is 12.8 Å². The van der Waals surface area contributed by atoms with Gasteiger partial charge < -0.3 is 15.1 Å². The highest BCUT2D eigenvalue weighted by Crippen LogP contribution is 2.28. The van der Waals surface area contributed by atoms with Gasteiger partial charge in [0.2, 0.25) is 0 Å². The number of aromatic nitrogens is 1. The zero-order chi connectivity index (χ0) is 12.4. The Bertz CT molecular complexity index is 389. The molecule has 1 aliphatic rings. The lowest BCUT2D eigenvalue weighted by Gasteiger charge is -2.35. The summed E-state index contributed by atoms with van der Waals surface area (Å²) < 4.78 is 0. The van der Waals surface area contributed by atoms with E-state index in [1.54, 1.807) is 0 Å². The minimum absolute atomic E-state index is 0.0480. The molecule has 0 spiro atoms. The lowest BCUT2D eigenvalue weighted by molar-refractivity contribution is 0.0464. The molecule has 0 saturated heterocycles. The van der Waals surface area contributed by atoms with Gasteiger partial charge in [-0.3, -0.25) is 0 Å². The summed E-state index contributed by atoms with van der Waals surface area (Å²) in [5.41, 5.74) is 1.82. The summed E-state index contributed by atoms with van der Waals surface area (Å²) in [6, 6.07) is 3.81. The third-order valence-electron chi connectivity index (χ3n) is 3.32. The molecule has 2 rings (SSSR count). The van der Waals surface area contributed by atoms with Crippen LogP contribution in [0.3, 0.4) is 0 Å². The van der Waals surface area contributed by atoms with Crippen molar-refractivity contribution >= 4 is 5.82 Å². The van der Waals surface area contributed by atoms with E-state index in [0.717, 1.165) is 36.5 Å². The van der Waals surface area contributed by atoms with Crippen LogP contribution in [-0.4, -0.2) is 34.9 Å². The van der Waals surface area contributed by atoms with E-state index in [-0.39, 0.29) is 12.7 Å². The van der Waals surface area contributed by atoms with E-state index in [1.807, 2.05) is 26.1 Å². The molecule has 1 aliphatic carbocycles. The quantitative estimate of drug-likeness (QED) is 0.821. The smallest absolute Gasteiger partial charge is 0.128 e. The molecule has 1 fully saturated rings. The number of nitrogens with zero attached hydrogens (tertiary/aromatic N) is 2. The average Bonchev–Trinajstić information content (AvgIpc) is 2.26. The molecule has 17 heavy (non-hydrogen) atoms. The first-order chi connectivity index (χ1) is 8.08. The maximum absolute atomic E-state index is 9.26. The lowest BCUT2D eigenvalue weighted by atomic mass is 9.82. The molecular weight excluding hydrogens is 216 g/mol. The van der Waals surface area contributed by atoms with Crippen LogP contribution in [0.25, 0.3) is 0 Å². The molecule has 0 aromatic carbocycles. The minimum atomic E-state index is -0.105. The maximum atomic E-state index is 9.26. The Labute approximate surface area is 102 Å². The predicted molar refractivity (Wildman–Crippen MR) is 66.9 cm³/mol. The second kappa shape index (κ2) is 5.02. The highest BCUT2D eigenvalue weighted by Gasteiger charge is 2.28. The maximum Gasteiger partial charge on any atom is 0.128 e. The van der Waals surface area contributed by atoms with E-state index in [2.05, 4.69) is 9.88 Å². The monoisotopic (exact) mass is 236 g/mol. The molecule has 1 aromatic rings. The Morgan fingerprint density at radius 1 is 1.41 bits per heavy atom. The van der Waals surface area contributed by atoms with E-state index >= 15 is 0 Å². The van der Waals surface area contributed by atoms with Gasteiger partial charge >= 0.3 is 0 Å². The number of pyridine rings is 1. The Morgan fingerprint density at radius 3 is 2.71 bits per heavy atom. The fraction of sp³-hybridized carbons (Fsp3) is 0.615. The van der Waals surface area contributed by atoms with Gasteiger partial charge in [-0.25, -0.2) is 4.98 Å². The van der Waals surface area contributed by atoms with Crippen molar-refractivity contribution in [3.63, 3.8) is 0 Å². The molecule has 0 unspecified atom stereocenters. The second-order valence-corrected chi connectivity index (χ2v) is 5.00. The number of hydrogen-bond acceptors (Lipinski definition) is 4. The molecule has 2 N–H and O–H groups in total. The highest BCUT2D eigenvalue weighted by molar-refractivity contribution is 5.41. The van der Waals surface area contributed by atoms with Crippen molar-refractivity contribution < 1.29 is 10.2 Å². The molecule has 4 heteroatoms. The Morgan fingerprint density at radius 2 is 2.12 bits per heavy atom. The van der Waals surface area contributed by atoms with Crippen molar-refractivity contribution in [2.45, 2.75) is 32.5 Å². The molecule has 94 valence electrons. The van der Waals surface area contributed by atoms with E-state index in [1.165, 1.54) is 0 Å². The van der Waals surface area contributed by atoms with E-state index in [9.17, 15) is 5.11 Å². The molecule has 1 saturated carbocycles. The molecular formula is C13H20N2O2. The van der Waals surface area contributed by atoms with Crippen LogP contribution in [0.4, 0.5) is 5.82 Å². The number of hydrogen-bond donors (Lipinski definition) is 2. The molecule has 1 heterocycles. The van der Waals surface area contributed by atoms with Gasteiger partial charge in [-0.2, -0.15) is 0 Å². The van der Waals surface area contributed by atoms with Crippen molar-refractivity contribution in [2.24, 2.45) is 5.92 Å². The first kappa shape index (κ1) is 12.3. The van der Waals surface area contributed by atoms with E-state index < -0.39 is 0 Å². The SMILES string of the molecule is Cc1cc(CO)cc(N(C)CC2CC(O)C2)n1. The first-order valence-corrected chi connectivity index (χ1v) is 6.06. The van der Waals surface area contributed by atoms with Crippen molar-refractivity contribution in [1.82, 2.24) is 4.98 Å². The number of aliphatic hydroxyl groups is 2. The second-order valence-electron chi connectivity index (χ2n) is 5.00. The van der Waals surface area contributed by atoms with Crippen LogP contribution in [-0.2, 0) is 6.61 Å². The standard InChI is InChI=1S/C13H20N2O2/c1-9-3-11(8-16)6-13(14-9)15(2)7-10-4-12(17)5-10/h3,6,10,12,16-17H,4-5,7-8H2,1-2H3. The van der Waals surface area contributed by atoms with E-state index in [4.69, 9.17) is 5.11 Å². The summed E-state index contributed by atoms with van der Waals surface area (Å²) in [6.07, 6.45) is 1.68. The molecule has 0 amide bonds. The summed E-state index contributed by atoms with van der Waals surface area (Å²) in [5, 5.41) is 18.4. The van der Waals surface area contributed by atoms with Crippen molar-refractivity contribution in [2.75, 3.05) is 18.5 Å². The van der Waals surface area contributed by atoms with Crippen molar-refractivity contribution in [3.05, 3.63) is 23.4 Å². The lowest BCUT2D eigenvalue weighted by Crippen LogP contribution is -2.37. The van der Waals surface area contributed by atoms with Gasteiger partial charge in [-0.05, 0) is 43.4 Å². The third-order valence-corrected chi connectivity index (χ3v) is 3.32.